The molecule has 0 unspecified atom stereocenters. The van der Waals surface area contributed by atoms with Gasteiger partial charge in [-0.3, -0.25) is 0 Å². The molecule has 1 aromatic rings. The minimum Gasteiger partial charge on any atom is -0.394 e. The third-order valence-electron chi connectivity index (χ3n) is 2.92. The molecule has 0 amide bonds. The van der Waals surface area contributed by atoms with E-state index in [1.807, 2.05) is 14.1 Å². The van der Waals surface area contributed by atoms with Gasteiger partial charge in [0.25, 0.3) is 0 Å². The summed E-state index contributed by atoms with van der Waals surface area (Å²) < 4.78 is 0. The Labute approximate surface area is 141 Å². The summed E-state index contributed by atoms with van der Waals surface area (Å²) in [6, 6.07) is 7.17. The topological polar surface area (TPSA) is 104 Å². The summed E-state index contributed by atoms with van der Waals surface area (Å²) in [5.74, 6) is 0. The number of aliphatic imine (C=N–C) groups is 1. The van der Waals surface area contributed by atoms with Gasteiger partial charge >= 0.3 is 0 Å². The van der Waals surface area contributed by atoms with Crippen molar-refractivity contribution >= 4 is 35.0 Å². The summed E-state index contributed by atoms with van der Waals surface area (Å²) in [6.07, 6.45) is 1.61. The van der Waals surface area contributed by atoms with Crippen LogP contribution in [0.15, 0.2) is 23.2 Å². The average molecular weight is 335 g/mol. The van der Waals surface area contributed by atoms with Crippen molar-refractivity contribution in [3.63, 3.8) is 0 Å². The van der Waals surface area contributed by atoms with E-state index in [0.29, 0.717) is 16.9 Å². The van der Waals surface area contributed by atoms with Crippen LogP contribution in [0.3, 0.4) is 0 Å². The average Bonchev–Trinajstić information content (AvgIpc) is 2.53. The maximum absolute atomic E-state index is 9.25. The normalized spacial score (nSPS) is 11.1. The highest BCUT2D eigenvalue weighted by Crippen LogP contribution is 2.22. The third kappa shape index (κ3) is 5.83. The highest BCUT2D eigenvalue weighted by molar-refractivity contribution is 7.80. The van der Waals surface area contributed by atoms with Crippen molar-refractivity contribution in [2.45, 2.75) is 12.5 Å². The fourth-order valence-corrected chi connectivity index (χ4v) is 1.92. The first-order valence-electron chi connectivity index (χ1n) is 6.89. The van der Waals surface area contributed by atoms with Gasteiger partial charge in [-0.2, -0.15) is 5.26 Å². The Balaban J connectivity index is 2.87. The Morgan fingerprint density at radius 2 is 2.09 bits per heavy atom. The largest absolute Gasteiger partial charge is 0.394 e. The first-order valence-corrected chi connectivity index (χ1v) is 7.30. The van der Waals surface area contributed by atoms with Gasteiger partial charge in [0.05, 0.1) is 36.3 Å². The molecule has 0 aliphatic carbocycles. The van der Waals surface area contributed by atoms with Gasteiger partial charge in [0, 0.05) is 19.8 Å². The number of hydrogen-bond acceptors (Lipinski definition) is 5. The highest BCUT2D eigenvalue weighted by atomic mass is 32.1. The lowest BCUT2D eigenvalue weighted by molar-refractivity contribution is 0.120. The summed E-state index contributed by atoms with van der Waals surface area (Å²) >= 11 is 5.15. The number of benzene rings is 1. The molecule has 0 atom stereocenters. The lowest BCUT2D eigenvalue weighted by Crippen LogP contribution is -2.53. The number of nitrogens with one attached hydrogen (secondary N) is 2. The van der Waals surface area contributed by atoms with Gasteiger partial charge in [-0.25, -0.2) is 4.99 Å². The zero-order valence-electron chi connectivity index (χ0n) is 13.4. The number of hydrogen-bond donors (Lipinski definition) is 4. The number of thiocarbonyl (C=S) groups is 1. The Kier molecular flexibility index (Phi) is 6.90. The van der Waals surface area contributed by atoms with Crippen molar-refractivity contribution in [2.75, 3.05) is 32.6 Å². The second-order valence-electron chi connectivity index (χ2n) is 5.51. The second kappa shape index (κ2) is 8.43. The lowest BCUT2D eigenvalue weighted by atomic mass is 10.1. The van der Waals surface area contributed by atoms with Gasteiger partial charge in [-0.05, 0) is 37.3 Å². The van der Waals surface area contributed by atoms with Crippen LogP contribution >= 0.6 is 12.2 Å². The maximum Gasteiger partial charge on any atom is 0.171 e. The number of nitrogens with zero attached hydrogens (tertiary/aromatic N) is 3. The van der Waals surface area contributed by atoms with Crippen molar-refractivity contribution < 1.29 is 10.2 Å². The molecule has 1 rings (SSSR count). The maximum atomic E-state index is 9.25. The molecule has 4 N–H and O–H groups in total. The van der Waals surface area contributed by atoms with Crippen molar-refractivity contribution in [1.29, 1.82) is 5.26 Å². The molecule has 8 heteroatoms. The van der Waals surface area contributed by atoms with Gasteiger partial charge in [-0.1, -0.05) is 0 Å². The van der Waals surface area contributed by atoms with E-state index < -0.39 is 5.54 Å². The van der Waals surface area contributed by atoms with E-state index in [1.165, 1.54) is 0 Å². The smallest absolute Gasteiger partial charge is 0.171 e. The van der Waals surface area contributed by atoms with Gasteiger partial charge in [0.2, 0.25) is 0 Å². The number of nitriles is 1. The summed E-state index contributed by atoms with van der Waals surface area (Å²) in [4.78, 5) is 5.99. The van der Waals surface area contributed by atoms with Crippen LogP contribution < -0.4 is 10.6 Å². The summed E-state index contributed by atoms with van der Waals surface area (Å²) in [6.45, 7) is 1.10. The number of rotatable bonds is 6. The zero-order valence-corrected chi connectivity index (χ0v) is 14.2. The minimum absolute atomic E-state index is 0.240. The van der Waals surface area contributed by atoms with E-state index in [2.05, 4.69) is 21.7 Å². The molecule has 0 saturated heterocycles. The van der Waals surface area contributed by atoms with Crippen LogP contribution in [0, 0.1) is 11.3 Å². The molecular weight excluding hydrogens is 314 g/mol. The highest BCUT2D eigenvalue weighted by Gasteiger charge is 2.23. The van der Waals surface area contributed by atoms with Gasteiger partial charge in [-0.15, -0.1) is 0 Å². The second-order valence-corrected chi connectivity index (χ2v) is 5.92. The molecule has 124 valence electrons. The first-order chi connectivity index (χ1) is 10.8. The van der Waals surface area contributed by atoms with Crippen LogP contribution in [0.5, 0.6) is 0 Å². The lowest BCUT2D eigenvalue weighted by Gasteiger charge is -2.27. The van der Waals surface area contributed by atoms with Crippen molar-refractivity contribution in [2.24, 2.45) is 4.99 Å². The Morgan fingerprint density at radius 1 is 1.43 bits per heavy atom. The van der Waals surface area contributed by atoms with E-state index in [9.17, 15) is 15.5 Å². The molecule has 0 bridgehead atoms. The number of aliphatic hydroxyl groups excluding tert-OH is 2. The standard InChI is InChI=1S/C15H21N5O2S/c1-15(8-21,9-22)19-14(23)18-12-4-5-13(11(6-12)7-16)17-10-20(2)3/h4-6,10,21-22H,8-9H2,1-3H3,(H2,18,19,23). The number of anilines is 1. The van der Waals surface area contributed by atoms with Crippen molar-refractivity contribution in [1.82, 2.24) is 10.2 Å². The van der Waals surface area contributed by atoms with E-state index in [1.54, 1.807) is 36.4 Å². The third-order valence-corrected chi connectivity index (χ3v) is 3.12. The molecular formula is C15H21N5O2S. The van der Waals surface area contributed by atoms with E-state index in [-0.39, 0.29) is 18.3 Å². The van der Waals surface area contributed by atoms with Crippen LogP contribution in [0.1, 0.15) is 12.5 Å². The molecule has 0 aromatic heterocycles. The van der Waals surface area contributed by atoms with E-state index in [4.69, 9.17) is 12.2 Å². The molecule has 0 radical (unpaired) electrons. The fourth-order valence-electron chi connectivity index (χ4n) is 1.56. The van der Waals surface area contributed by atoms with Gasteiger partial charge in [0.15, 0.2) is 5.11 Å². The predicted octanol–water partition coefficient (Wildman–Crippen LogP) is 0.809. The van der Waals surface area contributed by atoms with Crippen molar-refractivity contribution in [3.8, 4) is 6.07 Å². The number of aliphatic hydroxyl groups is 2. The molecule has 0 aliphatic heterocycles. The summed E-state index contributed by atoms with van der Waals surface area (Å²) in [5, 5.41) is 33.7. The molecule has 23 heavy (non-hydrogen) atoms. The van der Waals surface area contributed by atoms with Crippen LogP contribution in [0.4, 0.5) is 11.4 Å². The van der Waals surface area contributed by atoms with Crippen LogP contribution in [0.25, 0.3) is 0 Å². The fraction of sp³-hybridized carbons (Fsp3) is 0.400. The Hall–Kier alpha value is -2.21. The monoisotopic (exact) mass is 335 g/mol. The SMILES string of the molecule is CN(C)C=Nc1ccc(NC(=S)NC(C)(CO)CO)cc1C#N. The predicted molar refractivity (Wildman–Crippen MR) is 94.9 cm³/mol. The first kappa shape index (κ1) is 18.8. The molecule has 0 spiro atoms. The van der Waals surface area contributed by atoms with Crippen molar-refractivity contribution in [3.05, 3.63) is 23.8 Å². The van der Waals surface area contributed by atoms with Crippen LogP contribution in [-0.2, 0) is 0 Å². The minimum atomic E-state index is -0.919. The Morgan fingerprint density at radius 3 is 2.61 bits per heavy atom. The van der Waals surface area contributed by atoms with Gasteiger partial charge in [0.1, 0.15) is 6.07 Å². The molecule has 0 heterocycles. The van der Waals surface area contributed by atoms with Crippen LogP contribution in [0.2, 0.25) is 0 Å². The molecule has 1 aromatic carbocycles. The Bertz CT molecular complexity index is 621. The molecule has 0 fully saturated rings. The van der Waals surface area contributed by atoms with E-state index in [0.717, 1.165) is 0 Å². The summed E-state index contributed by atoms with van der Waals surface area (Å²) in [7, 11) is 3.68. The molecule has 0 aliphatic rings. The van der Waals surface area contributed by atoms with Gasteiger partial charge < -0.3 is 25.7 Å². The molecule has 0 saturated carbocycles. The summed E-state index contributed by atoms with van der Waals surface area (Å²) in [5.41, 5.74) is 0.656. The molecule has 7 nitrogen and oxygen atoms in total. The van der Waals surface area contributed by atoms with Crippen LogP contribution in [-0.4, -0.2) is 59.4 Å². The van der Waals surface area contributed by atoms with E-state index >= 15 is 0 Å². The zero-order chi connectivity index (χ0) is 17.5. The quantitative estimate of drug-likeness (QED) is 0.346.